The molecule has 5 heteroatoms. The van der Waals surface area contributed by atoms with Gasteiger partial charge in [-0.2, -0.15) is 5.26 Å². The number of hydrogen-bond acceptors (Lipinski definition) is 3. The molecule has 0 N–H and O–H groups in total. The Labute approximate surface area is 188 Å². The second-order valence-electron chi connectivity index (χ2n) is 7.50. The van der Waals surface area contributed by atoms with E-state index in [0.717, 1.165) is 38.0 Å². The normalized spacial score (nSPS) is 12.1. The largest absolute Gasteiger partial charge is 0.361 e. The summed E-state index contributed by atoms with van der Waals surface area (Å²) < 4.78 is 2.16. The summed E-state index contributed by atoms with van der Waals surface area (Å²) in [4.78, 5) is 9.98. The third kappa shape index (κ3) is 2.73. The van der Waals surface area contributed by atoms with Crippen LogP contribution in [0, 0.1) is 17.9 Å². The van der Waals surface area contributed by atoms with Crippen molar-refractivity contribution in [2.24, 2.45) is 0 Å². The van der Waals surface area contributed by atoms with Crippen LogP contribution < -0.4 is 0 Å². The fourth-order valence-corrected chi connectivity index (χ4v) is 5.47. The number of benzene rings is 3. The van der Waals surface area contributed by atoms with E-state index in [4.69, 9.17) is 6.57 Å². The molecule has 5 aromatic rings. The van der Waals surface area contributed by atoms with Crippen LogP contribution in [0.2, 0.25) is 0 Å². The molecule has 0 spiro atoms. The van der Waals surface area contributed by atoms with Gasteiger partial charge in [0.1, 0.15) is 6.07 Å². The average molecular weight is 427 g/mol. The molecule has 6 rings (SSSR count). The highest BCUT2D eigenvalue weighted by molar-refractivity contribution is 7.99. The molecular weight excluding hydrogens is 412 g/mol. The van der Waals surface area contributed by atoms with Gasteiger partial charge in [-0.3, -0.25) is 0 Å². The highest BCUT2D eigenvalue weighted by Gasteiger charge is 2.21. The number of pyridine rings is 1. The van der Waals surface area contributed by atoms with Crippen molar-refractivity contribution in [1.29, 1.82) is 5.26 Å². The lowest BCUT2D eigenvalue weighted by atomic mass is 10.1. The Kier molecular flexibility index (Phi) is 4.11. The fraction of sp³-hybridized carbons (Fsp3) is 0. The Balaban J connectivity index is 1.76. The maximum absolute atomic E-state index is 9.51. The fourth-order valence-electron chi connectivity index (χ4n) is 4.30. The minimum Gasteiger partial charge on any atom is -0.361 e. The van der Waals surface area contributed by atoms with E-state index in [1.807, 2.05) is 12.1 Å². The summed E-state index contributed by atoms with van der Waals surface area (Å²) in [5.41, 5.74) is 5.44. The first-order chi connectivity index (χ1) is 15.8. The van der Waals surface area contributed by atoms with E-state index in [-0.39, 0.29) is 11.5 Å². The summed E-state index contributed by atoms with van der Waals surface area (Å²) in [6.45, 7) is 7.46. The van der Waals surface area contributed by atoms with Crippen LogP contribution in [0.4, 0.5) is 5.82 Å². The number of rotatable bonds is 1. The van der Waals surface area contributed by atoms with Gasteiger partial charge in [0.25, 0.3) is 5.82 Å². The maximum Gasteiger partial charge on any atom is 0.273 e. The number of nitrogens with zero attached hydrogens (tertiary/aromatic N) is 4. The number of aromatic nitrogens is 2. The van der Waals surface area contributed by atoms with Crippen LogP contribution in [0.25, 0.3) is 44.5 Å². The van der Waals surface area contributed by atoms with E-state index < -0.39 is 0 Å². The summed E-state index contributed by atoms with van der Waals surface area (Å²) in [7, 11) is 0. The lowest BCUT2D eigenvalue weighted by Crippen LogP contribution is -1.98. The molecule has 0 fully saturated rings. The van der Waals surface area contributed by atoms with Gasteiger partial charge >= 0.3 is 0 Å². The van der Waals surface area contributed by atoms with E-state index in [9.17, 15) is 5.26 Å². The Hall–Kier alpha value is -4.32. The van der Waals surface area contributed by atoms with E-state index in [1.54, 1.807) is 23.9 Å². The van der Waals surface area contributed by atoms with Gasteiger partial charge in [0.2, 0.25) is 5.69 Å². The van der Waals surface area contributed by atoms with E-state index in [0.29, 0.717) is 0 Å². The van der Waals surface area contributed by atoms with Crippen molar-refractivity contribution in [3.8, 4) is 11.8 Å². The molecular formula is C27H14N4S. The second-order valence-corrected chi connectivity index (χ2v) is 8.55. The van der Waals surface area contributed by atoms with Crippen molar-refractivity contribution in [1.82, 2.24) is 9.55 Å². The molecule has 32 heavy (non-hydrogen) atoms. The zero-order valence-corrected chi connectivity index (χ0v) is 17.6. The van der Waals surface area contributed by atoms with Crippen molar-refractivity contribution in [2.45, 2.75) is 9.79 Å². The lowest BCUT2D eigenvalue weighted by Gasteiger charge is -2.13. The van der Waals surface area contributed by atoms with Gasteiger partial charge < -0.3 is 9.41 Å². The molecule has 0 amide bonds. The van der Waals surface area contributed by atoms with Gasteiger partial charge in [0.05, 0.1) is 11.0 Å². The highest BCUT2D eigenvalue weighted by Crippen LogP contribution is 2.45. The minimum absolute atomic E-state index is 0.213. The summed E-state index contributed by atoms with van der Waals surface area (Å²) in [5, 5.41) is 11.8. The molecule has 3 heterocycles. The zero-order chi connectivity index (χ0) is 21.7. The third-order valence-corrected chi connectivity index (χ3v) is 6.90. The predicted molar refractivity (Wildman–Crippen MR) is 129 cm³/mol. The summed E-state index contributed by atoms with van der Waals surface area (Å²) >= 11 is 1.75. The molecule has 0 aliphatic carbocycles. The Morgan fingerprint density at radius 1 is 0.906 bits per heavy atom. The SMILES string of the molecule is [C-]#[N+]c1cc(-n2c3ccccc3c3ccc4c(c32)Sc2ccccc2C=C4)cc(C#N)n1. The average Bonchev–Trinajstić information content (AvgIpc) is 3.06. The summed E-state index contributed by atoms with van der Waals surface area (Å²) in [6, 6.07) is 26.6. The lowest BCUT2D eigenvalue weighted by molar-refractivity contribution is 1.13. The molecule has 1 aliphatic rings. The monoisotopic (exact) mass is 426 g/mol. The maximum atomic E-state index is 9.51. The second kappa shape index (κ2) is 7.13. The molecule has 0 saturated heterocycles. The van der Waals surface area contributed by atoms with Gasteiger partial charge in [-0.05, 0) is 29.3 Å². The molecule has 148 valence electrons. The van der Waals surface area contributed by atoms with Crippen LogP contribution in [0.1, 0.15) is 16.8 Å². The summed E-state index contributed by atoms with van der Waals surface area (Å²) in [5.74, 6) is 0.213. The van der Waals surface area contributed by atoms with Gasteiger partial charge in [-0.1, -0.05) is 79.0 Å². The molecule has 0 unspecified atom stereocenters. The van der Waals surface area contributed by atoms with Crippen molar-refractivity contribution < 1.29 is 0 Å². The number of nitriles is 1. The van der Waals surface area contributed by atoms with E-state index in [1.165, 1.54) is 10.5 Å². The van der Waals surface area contributed by atoms with Crippen molar-refractivity contribution in [2.75, 3.05) is 0 Å². The predicted octanol–water partition coefficient (Wildman–Crippen LogP) is 7.24. The number of hydrogen-bond donors (Lipinski definition) is 0. The van der Waals surface area contributed by atoms with Crippen molar-refractivity contribution in [3.63, 3.8) is 0 Å². The first kappa shape index (κ1) is 18.4. The zero-order valence-electron chi connectivity index (χ0n) is 16.8. The minimum atomic E-state index is 0.213. The van der Waals surface area contributed by atoms with Crippen LogP contribution in [0.15, 0.2) is 82.6 Å². The van der Waals surface area contributed by atoms with E-state index in [2.05, 4.69) is 81.1 Å². The van der Waals surface area contributed by atoms with Crippen LogP contribution in [0.3, 0.4) is 0 Å². The number of para-hydroxylation sites is 1. The molecule has 0 bridgehead atoms. The quantitative estimate of drug-likeness (QED) is 0.260. The molecule has 0 saturated carbocycles. The molecule has 1 aliphatic heterocycles. The van der Waals surface area contributed by atoms with E-state index >= 15 is 0 Å². The van der Waals surface area contributed by atoms with Gasteiger partial charge in [0.15, 0.2) is 0 Å². The van der Waals surface area contributed by atoms with Crippen LogP contribution in [-0.2, 0) is 0 Å². The van der Waals surface area contributed by atoms with Gasteiger partial charge in [-0.25, -0.2) is 0 Å². The molecule has 0 radical (unpaired) electrons. The summed E-state index contributed by atoms with van der Waals surface area (Å²) in [6.07, 6.45) is 4.32. The first-order valence-corrected chi connectivity index (χ1v) is 10.9. The Morgan fingerprint density at radius 3 is 2.59 bits per heavy atom. The van der Waals surface area contributed by atoms with Gasteiger partial charge in [-0.15, -0.1) is 4.98 Å². The number of fused-ring (bicyclic) bond motifs is 6. The molecule has 4 nitrogen and oxygen atoms in total. The highest BCUT2D eigenvalue weighted by atomic mass is 32.2. The molecule has 2 aromatic heterocycles. The molecule has 0 atom stereocenters. The van der Waals surface area contributed by atoms with Crippen molar-refractivity contribution in [3.05, 3.63) is 101 Å². The standard InChI is InChI=1S/C27H14N4S/c1-29-25-15-20(14-19(16-28)30-25)31-23-8-4-3-7-21(23)22-13-12-18-11-10-17-6-2-5-9-24(17)32-27(18)26(22)31/h2-15H. The van der Waals surface area contributed by atoms with Crippen LogP contribution >= 0.6 is 11.8 Å². The molecule has 3 aromatic carbocycles. The van der Waals surface area contributed by atoms with Gasteiger partial charge in [0, 0.05) is 32.3 Å². The van der Waals surface area contributed by atoms with Crippen LogP contribution in [0.5, 0.6) is 0 Å². The smallest absolute Gasteiger partial charge is 0.273 e. The third-order valence-electron chi connectivity index (χ3n) is 5.68. The Morgan fingerprint density at radius 2 is 1.72 bits per heavy atom. The first-order valence-electron chi connectivity index (χ1n) is 10.1. The van der Waals surface area contributed by atoms with Crippen molar-refractivity contribution >= 4 is 51.5 Å². The topological polar surface area (TPSA) is 46.0 Å². The van der Waals surface area contributed by atoms with Crippen LogP contribution in [-0.4, -0.2) is 9.55 Å². The Bertz CT molecular complexity index is 1650.